The number of halogens is 2. The normalized spacial score (nSPS) is 10.8. The second-order valence-electron chi connectivity index (χ2n) is 4.81. The lowest BCUT2D eigenvalue weighted by molar-refractivity contribution is 0.469. The predicted octanol–water partition coefficient (Wildman–Crippen LogP) is 5.28. The number of hydrogen-bond donors (Lipinski definition) is 1. The lowest BCUT2D eigenvalue weighted by atomic mass is 10.2. The fraction of sp³-hybridized carbons (Fsp3) is 0.250. The van der Waals surface area contributed by atoms with E-state index in [4.69, 9.17) is 27.9 Å². The highest BCUT2D eigenvalue weighted by atomic mass is 35.5. The average molecular weight is 310 g/mol. The van der Waals surface area contributed by atoms with Gasteiger partial charge in [0.1, 0.15) is 11.5 Å². The molecule has 106 valence electrons. The summed E-state index contributed by atoms with van der Waals surface area (Å²) >= 11 is 12.1. The Morgan fingerprint density at radius 3 is 2.40 bits per heavy atom. The summed E-state index contributed by atoms with van der Waals surface area (Å²) in [6.45, 7) is 4.85. The lowest BCUT2D eigenvalue weighted by Crippen LogP contribution is -2.22. The Kier molecular flexibility index (Phi) is 5.30. The molecule has 0 bridgehead atoms. The summed E-state index contributed by atoms with van der Waals surface area (Å²) in [5.74, 6) is 1.50. The fourth-order valence-electron chi connectivity index (χ4n) is 1.74. The molecule has 4 heteroatoms. The van der Waals surface area contributed by atoms with E-state index >= 15 is 0 Å². The van der Waals surface area contributed by atoms with Crippen LogP contribution in [-0.4, -0.2) is 6.04 Å². The molecule has 0 aliphatic rings. The van der Waals surface area contributed by atoms with Gasteiger partial charge in [0.25, 0.3) is 0 Å². The molecule has 0 aromatic heterocycles. The van der Waals surface area contributed by atoms with E-state index < -0.39 is 0 Å². The van der Waals surface area contributed by atoms with Crippen LogP contribution in [0.4, 0.5) is 0 Å². The van der Waals surface area contributed by atoms with Gasteiger partial charge in [-0.15, -0.1) is 0 Å². The third-order valence-corrected chi connectivity index (χ3v) is 3.41. The molecular weight excluding hydrogens is 293 g/mol. The van der Waals surface area contributed by atoms with Crippen molar-refractivity contribution in [3.8, 4) is 11.5 Å². The Balaban J connectivity index is 2.22. The second-order valence-corrected chi connectivity index (χ2v) is 5.65. The molecular formula is C16H17Cl2NO. The van der Waals surface area contributed by atoms with Gasteiger partial charge in [-0.05, 0) is 36.4 Å². The number of ether oxygens (including phenoxy) is 1. The van der Waals surface area contributed by atoms with E-state index in [2.05, 4.69) is 19.2 Å². The van der Waals surface area contributed by atoms with E-state index in [1.165, 1.54) is 0 Å². The molecule has 0 amide bonds. The van der Waals surface area contributed by atoms with Crippen molar-refractivity contribution in [2.24, 2.45) is 0 Å². The highest BCUT2D eigenvalue weighted by Gasteiger charge is 2.09. The summed E-state index contributed by atoms with van der Waals surface area (Å²) in [6, 6.07) is 13.3. The van der Waals surface area contributed by atoms with Crippen molar-refractivity contribution in [1.29, 1.82) is 0 Å². The molecule has 1 N–H and O–H groups in total. The van der Waals surface area contributed by atoms with Gasteiger partial charge in [0.2, 0.25) is 0 Å². The maximum absolute atomic E-state index is 6.26. The van der Waals surface area contributed by atoms with Gasteiger partial charge in [-0.1, -0.05) is 43.1 Å². The SMILES string of the molecule is CC(C)NCc1c(Cl)cccc1Oc1ccc(Cl)cc1. The summed E-state index contributed by atoms with van der Waals surface area (Å²) in [7, 11) is 0. The van der Waals surface area contributed by atoms with E-state index in [0.29, 0.717) is 22.6 Å². The molecule has 0 saturated carbocycles. The molecule has 2 nitrogen and oxygen atoms in total. The molecule has 0 fully saturated rings. The molecule has 0 saturated heterocycles. The van der Waals surface area contributed by atoms with Gasteiger partial charge in [-0.3, -0.25) is 0 Å². The number of hydrogen-bond acceptors (Lipinski definition) is 2. The predicted molar refractivity (Wildman–Crippen MR) is 85.0 cm³/mol. The van der Waals surface area contributed by atoms with Crippen LogP contribution in [0.15, 0.2) is 42.5 Å². The Bertz CT molecular complexity index is 567. The first-order valence-corrected chi connectivity index (χ1v) is 7.26. The van der Waals surface area contributed by atoms with E-state index in [0.717, 1.165) is 17.1 Å². The number of rotatable bonds is 5. The minimum atomic E-state index is 0.384. The zero-order chi connectivity index (χ0) is 14.5. The van der Waals surface area contributed by atoms with E-state index in [1.54, 1.807) is 12.1 Å². The molecule has 0 spiro atoms. The monoisotopic (exact) mass is 309 g/mol. The van der Waals surface area contributed by atoms with Crippen LogP contribution in [0.3, 0.4) is 0 Å². The van der Waals surface area contributed by atoms with E-state index in [1.807, 2.05) is 30.3 Å². The summed E-state index contributed by atoms with van der Waals surface area (Å²) in [5.41, 5.74) is 0.956. The molecule has 0 aliphatic heterocycles. The van der Waals surface area contributed by atoms with Crippen LogP contribution >= 0.6 is 23.2 Å². The third kappa shape index (κ3) is 4.14. The minimum Gasteiger partial charge on any atom is -0.457 e. The van der Waals surface area contributed by atoms with Crippen LogP contribution < -0.4 is 10.1 Å². The molecule has 0 radical (unpaired) electrons. The van der Waals surface area contributed by atoms with Crippen molar-refractivity contribution in [3.05, 3.63) is 58.1 Å². The molecule has 0 atom stereocenters. The van der Waals surface area contributed by atoms with Crippen molar-refractivity contribution in [2.45, 2.75) is 26.4 Å². The summed E-state index contributed by atoms with van der Waals surface area (Å²) in [5, 5.41) is 4.74. The van der Waals surface area contributed by atoms with Crippen molar-refractivity contribution in [2.75, 3.05) is 0 Å². The van der Waals surface area contributed by atoms with Crippen LogP contribution in [0.2, 0.25) is 10.0 Å². The Morgan fingerprint density at radius 2 is 1.75 bits per heavy atom. The molecule has 2 rings (SSSR count). The fourth-order valence-corrected chi connectivity index (χ4v) is 2.10. The maximum atomic E-state index is 6.26. The van der Waals surface area contributed by atoms with Gasteiger partial charge >= 0.3 is 0 Å². The van der Waals surface area contributed by atoms with Crippen molar-refractivity contribution >= 4 is 23.2 Å². The second kappa shape index (κ2) is 6.98. The number of benzene rings is 2. The van der Waals surface area contributed by atoms with Gasteiger partial charge in [0.15, 0.2) is 0 Å². The third-order valence-electron chi connectivity index (χ3n) is 2.80. The van der Waals surface area contributed by atoms with Crippen LogP contribution in [0.5, 0.6) is 11.5 Å². The average Bonchev–Trinajstić information content (AvgIpc) is 2.40. The molecule has 2 aromatic rings. The first kappa shape index (κ1) is 15.2. The first-order valence-electron chi connectivity index (χ1n) is 6.50. The van der Waals surface area contributed by atoms with Gasteiger partial charge in [-0.2, -0.15) is 0 Å². The standard InChI is InChI=1S/C16H17Cl2NO/c1-11(2)19-10-14-15(18)4-3-5-16(14)20-13-8-6-12(17)7-9-13/h3-9,11,19H,10H2,1-2H3. The molecule has 20 heavy (non-hydrogen) atoms. The highest BCUT2D eigenvalue weighted by molar-refractivity contribution is 6.31. The number of nitrogens with one attached hydrogen (secondary N) is 1. The van der Waals surface area contributed by atoms with Gasteiger partial charge in [0.05, 0.1) is 0 Å². The van der Waals surface area contributed by atoms with Crippen LogP contribution in [0.1, 0.15) is 19.4 Å². The van der Waals surface area contributed by atoms with E-state index in [-0.39, 0.29) is 0 Å². The van der Waals surface area contributed by atoms with Gasteiger partial charge in [0, 0.05) is 28.2 Å². The van der Waals surface area contributed by atoms with Crippen molar-refractivity contribution in [1.82, 2.24) is 5.32 Å². The zero-order valence-corrected chi connectivity index (χ0v) is 13.0. The van der Waals surface area contributed by atoms with Crippen LogP contribution in [0, 0.1) is 0 Å². The topological polar surface area (TPSA) is 21.3 Å². The maximum Gasteiger partial charge on any atom is 0.133 e. The van der Waals surface area contributed by atoms with Gasteiger partial charge in [-0.25, -0.2) is 0 Å². The summed E-state index contributed by atoms with van der Waals surface area (Å²) in [6.07, 6.45) is 0. The van der Waals surface area contributed by atoms with Crippen molar-refractivity contribution < 1.29 is 4.74 Å². The largest absolute Gasteiger partial charge is 0.457 e. The Hall–Kier alpha value is -1.22. The van der Waals surface area contributed by atoms with Crippen LogP contribution in [0.25, 0.3) is 0 Å². The quantitative estimate of drug-likeness (QED) is 0.811. The minimum absolute atomic E-state index is 0.384. The molecule has 0 heterocycles. The molecule has 0 aliphatic carbocycles. The highest BCUT2D eigenvalue weighted by Crippen LogP contribution is 2.31. The summed E-state index contributed by atoms with van der Waals surface area (Å²) < 4.78 is 5.89. The lowest BCUT2D eigenvalue weighted by Gasteiger charge is -2.15. The zero-order valence-electron chi connectivity index (χ0n) is 11.5. The van der Waals surface area contributed by atoms with E-state index in [9.17, 15) is 0 Å². The Morgan fingerprint density at radius 1 is 1.05 bits per heavy atom. The Labute approximate surface area is 129 Å². The van der Waals surface area contributed by atoms with Gasteiger partial charge < -0.3 is 10.1 Å². The first-order chi connectivity index (χ1) is 9.56. The van der Waals surface area contributed by atoms with Crippen LogP contribution in [-0.2, 0) is 6.54 Å². The molecule has 2 aromatic carbocycles. The molecule has 0 unspecified atom stereocenters. The smallest absolute Gasteiger partial charge is 0.133 e. The van der Waals surface area contributed by atoms with Crippen molar-refractivity contribution in [3.63, 3.8) is 0 Å². The summed E-state index contributed by atoms with van der Waals surface area (Å²) in [4.78, 5) is 0.